The maximum absolute atomic E-state index is 15.2. The highest BCUT2D eigenvalue weighted by Gasteiger charge is 2.42. The third-order valence-corrected chi connectivity index (χ3v) is 7.76. The van der Waals surface area contributed by atoms with Gasteiger partial charge in [0.25, 0.3) is 11.5 Å². The molecule has 3 aliphatic rings. The van der Waals surface area contributed by atoms with Gasteiger partial charge in [-0.25, -0.2) is 13.2 Å². The summed E-state index contributed by atoms with van der Waals surface area (Å²) in [5.74, 6) is -2.39. The molecule has 9 heteroatoms. The maximum Gasteiger partial charge on any atom is 0.262 e. The van der Waals surface area contributed by atoms with Crippen LogP contribution in [0.5, 0.6) is 5.75 Å². The number of pyridine rings is 1. The molecule has 3 fully saturated rings. The van der Waals surface area contributed by atoms with Crippen LogP contribution in [0.25, 0.3) is 16.5 Å². The van der Waals surface area contributed by atoms with Gasteiger partial charge in [-0.05, 0) is 61.0 Å². The first-order valence-electron chi connectivity index (χ1n) is 12.9. The fourth-order valence-electron chi connectivity index (χ4n) is 5.72. The molecule has 0 aliphatic carbocycles. The molecule has 0 bridgehead atoms. The second-order valence-electron chi connectivity index (χ2n) is 10.3. The van der Waals surface area contributed by atoms with Crippen LogP contribution in [0.15, 0.2) is 53.5 Å². The molecule has 2 unspecified atom stereocenters. The molecule has 37 heavy (non-hydrogen) atoms. The lowest BCUT2D eigenvalue weighted by Gasteiger charge is -2.25. The quantitative estimate of drug-likeness (QED) is 0.482. The average molecular weight is 514 g/mol. The normalized spacial score (nSPS) is 23.8. The number of hydrogen-bond donors (Lipinski definition) is 0. The van der Waals surface area contributed by atoms with Gasteiger partial charge in [0.15, 0.2) is 0 Å². The van der Waals surface area contributed by atoms with Crippen LogP contribution in [0, 0.1) is 5.82 Å². The zero-order valence-corrected chi connectivity index (χ0v) is 20.5. The second kappa shape index (κ2) is 9.68. The Kier molecular flexibility index (Phi) is 6.36. The summed E-state index contributed by atoms with van der Waals surface area (Å²) in [5, 5.41) is 1.26. The van der Waals surface area contributed by atoms with Crippen LogP contribution in [-0.4, -0.2) is 66.9 Å². The van der Waals surface area contributed by atoms with Gasteiger partial charge in [0.1, 0.15) is 18.2 Å². The molecule has 0 radical (unpaired) electrons. The number of halogens is 3. The first kappa shape index (κ1) is 24.3. The topological polar surface area (TPSA) is 46.9 Å². The summed E-state index contributed by atoms with van der Waals surface area (Å²) in [4.78, 5) is 16.9. The minimum absolute atomic E-state index is 0.00452. The van der Waals surface area contributed by atoms with E-state index in [1.165, 1.54) is 10.6 Å². The Hall–Kier alpha value is -3.04. The van der Waals surface area contributed by atoms with Crippen molar-refractivity contribution in [3.05, 3.63) is 64.8 Å². The number of alkyl halides is 2. The molecule has 2 aromatic carbocycles. The number of ether oxygens (including phenoxy) is 2. The van der Waals surface area contributed by atoms with Gasteiger partial charge in [0.05, 0.1) is 24.0 Å². The second-order valence-corrected chi connectivity index (χ2v) is 10.3. The van der Waals surface area contributed by atoms with Crippen LogP contribution in [-0.2, 0) is 4.74 Å². The van der Waals surface area contributed by atoms with Gasteiger partial charge >= 0.3 is 0 Å². The summed E-state index contributed by atoms with van der Waals surface area (Å²) < 4.78 is 55.3. The summed E-state index contributed by atoms with van der Waals surface area (Å²) in [6.07, 6.45) is 4.40. The molecule has 3 saturated heterocycles. The smallest absolute Gasteiger partial charge is 0.262 e. The lowest BCUT2D eigenvalue weighted by atomic mass is 10.1. The fraction of sp³-hybridized carbons (Fsp3) is 0.464. The average Bonchev–Trinajstić information content (AvgIpc) is 3.64. The zero-order chi connectivity index (χ0) is 25.6. The molecule has 1 aromatic heterocycles. The van der Waals surface area contributed by atoms with Crippen molar-refractivity contribution >= 4 is 16.5 Å². The molecule has 196 valence electrons. The van der Waals surface area contributed by atoms with Crippen LogP contribution in [0.2, 0.25) is 0 Å². The zero-order valence-electron chi connectivity index (χ0n) is 20.5. The molecule has 4 heterocycles. The number of nitrogens with zero attached hydrogens (tertiary/aromatic N) is 3. The number of aromatic nitrogens is 1. The van der Waals surface area contributed by atoms with Crippen molar-refractivity contribution in [2.75, 3.05) is 44.3 Å². The van der Waals surface area contributed by atoms with Gasteiger partial charge in [-0.15, -0.1) is 0 Å². The third kappa shape index (κ3) is 4.94. The Balaban J connectivity index is 1.17. The molecular weight excluding hydrogens is 483 g/mol. The first-order valence-corrected chi connectivity index (χ1v) is 12.9. The van der Waals surface area contributed by atoms with E-state index < -0.39 is 11.7 Å². The maximum atomic E-state index is 15.2. The number of benzene rings is 2. The van der Waals surface area contributed by atoms with E-state index in [1.54, 1.807) is 30.5 Å². The van der Waals surface area contributed by atoms with Gasteiger partial charge in [-0.3, -0.25) is 14.3 Å². The minimum atomic E-state index is -2.63. The molecule has 6 nitrogen and oxygen atoms in total. The van der Waals surface area contributed by atoms with Crippen molar-refractivity contribution in [1.29, 1.82) is 0 Å². The van der Waals surface area contributed by atoms with Crippen molar-refractivity contribution < 1.29 is 22.6 Å². The third-order valence-electron chi connectivity index (χ3n) is 7.76. The molecule has 0 amide bonds. The molecule has 6 rings (SSSR count). The van der Waals surface area contributed by atoms with E-state index in [0.717, 1.165) is 31.3 Å². The van der Waals surface area contributed by atoms with Crippen molar-refractivity contribution in [1.82, 2.24) is 9.47 Å². The highest BCUT2D eigenvalue weighted by atomic mass is 19.3. The number of fused-ring (bicyclic) bond motifs is 1. The predicted molar refractivity (Wildman–Crippen MR) is 136 cm³/mol. The largest absolute Gasteiger partial charge is 0.491 e. The van der Waals surface area contributed by atoms with Crippen molar-refractivity contribution in [3.63, 3.8) is 0 Å². The van der Waals surface area contributed by atoms with Gasteiger partial charge < -0.3 is 14.4 Å². The molecule has 3 aromatic rings. The van der Waals surface area contributed by atoms with E-state index in [-0.39, 0.29) is 30.7 Å². The monoisotopic (exact) mass is 513 g/mol. The Labute approximate surface area is 213 Å². The highest BCUT2D eigenvalue weighted by molar-refractivity contribution is 5.83. The SMILES string of the molecule is O=c1c2ccc(OCC3CCCO3)cc2ccn1-c1ccc(N2CCC(N3CCC(F)(F)C3)C2)c(F)c1. The summed E-state index contributed by atoms with van der Waals surface area (Å²) in [6, 6.07) is 11.9. The van der Waals surface area contributed by atoms with Crippen molar-refractivity contribution in [2.24, 2.45) is 0 Å². The van der Waals surface area contributed by atoms with E-state index in [9.17, 15) is 13.6 Å². The minimum Gasteiger partial charge on any atom is -0.491 e. The van der Waals surface area contributed by atoms with Crippen LogP contribution < -0.4 is 15.2 Å². The van der Waals surface area contributed by atoms with E-state index in [1.807, 2.05) is 21.9 Å². The Bertz CT molecular complexity index is 1360. The van der Waals surface area contributed by atoms with E-state index in [4.69, 9.17) is 9.47 Å². The highest BCUT2D eigenvalue weighted by Crippen LogP contribution is 2.33. The van der Waals surface area contributed by atoms with Gasteiger partial charge in [-0.2, -0.15) is 0 Å². The van der Waals surface area contributed by atoms with Crippen molar-refractivity contribution in [2.45, 2.75) is 43.8 Å². The predicted octanol–water partition coefficient (Wildman–Crippen LogP) is 4.61. The molecular formula is C28H30F3N3O3. The lowest BCUT2D eigenvalue weighted by Crippen LogP contribution is -2.37. The van der Waals surface area contributed by atoms with Gasteiger partial charge in [-0.1, -0.05) is 0 Å². The summed E-state index contributed by atoms with van der Waals surface area (Å²) >= 11 is 0. The van der Waals surface area contributed by atoms with Crippen molar-refractivity contribution in [3.8, 4) is 11.4 Å². The Morgan fingerprint density at radius 2 is 1.97 bits per heavy atom. The lowest BCUT2D eigenvalue weighted by molar-refractivity contribution is 0.00858. The molecule has 0 N–H and O–H groups in total. The molecule has 0 saturated carbocycles. The molecule has 2 atom stereocenters. The van der Waals surface area contributed by atoms with E-state index in [2.05, 4.69) is 0 Å². The summed E-state index contributed by atoms with van der Waals surface area (Å²) in [6.45, 7) is 2.53. The Morgan fingerprint density at radius 1 is 1.08 bits per heavy atom. The van der Waals surface area contributed by atoms with Crippen LogP contribution >= 0.6 is 0 Å². The fourth-order valence-corrected chi connectivity index (χ4v) is 5.72. The van der Waals surface area contributed by atoms with Crippen LogP contribution in [0.3, 0.4) is 0 Å². The van der Waals surface area contributed by atoms with E-state index >= 15 is 4.39 Å². The number of anilines is 1. The van der Waals surface area contributed by atoms with Gasteiger partial charge in [0.2, 0.25) is 0 Å². The molecule has 3 aliphatic heterocycles. The standard InChI is InChI=1S/C28H30F3N3O3/c29-25-15-20(3-6-26(25)32-10-8-21(16-32)33-12-9-28(30,31)18-33)34-11-7-19-14-22(4-5-24(19)27(34)35)37-17-23-2-1-13-36-23/h3-7,11,14-15,21,23H,1-2,8-10,12-13,16-18H2. The van der Waals surface area contributed by atoms with Gasteiger partial charge in [0, 0.05) is 56.4 Å². The van der Waals surface area contributed by atoms with E-state index in [0.29, 0.717) is 48.8 Å². The number of rotatable bonds is 6. The Morgan fingerprint density at radius 3 is 2.73 bits per heavy atom. The molecule has 0 spiro atoms. The van der Waals surface area contributed by atoms with Crippen LogP contribution in [0.1, 0.15) is 25.7 Å². The number of likely N-dealkylation sites (tertiary alicyclic amines) is 1. The summed E-state index contributed by atoms with van der Waals surface area (Å²) in [7, 11) is 0. The number of hydrogen-bond acceptors (Lipinski definition) is 5. The summed E-state index contributed by atoms with van der Waals surface area (Å²) in [5.41, 5.74) is 0.618. The first-order chi connectivity index (χ1) is 17.9. The van der Waals surface area contributed by atoms with Crippen LogP contribution in [0.4, 0.5) is 18.9 Å².